The second kappa shape index (κ2) is 8.01. The van der Waals surface area contributed by atoms with Gasteiger partial charge in [-0.25, -0.2) is 4.39 Å². The molecule has 0 spiro atoms. The van der Waals surface area contributed by atoms with Gasteiger partial charge in [0.2, 0.25) is 5.91 Å². The fraction of sp³-hybridized carbons (Fsp3) is 0.462. The average Bonchev–Trinajstić information content (AvgIpc) is 2.33. The van der Waals surface area contributed by atoms with E-state index >= 15 is 0 Å². The van der Waals surface area contributed by atoms with Crippen molar-refractivity contribution < 1.29 is 9.18 Å². The summed E-state index contributed by atoms with van der Waals surface area (Å²) in [6, 6.07) is 4.13. The van der Waals surface area contributed by atoms with Crippen molar-refractivity contribution in [2.45, 2.75) is 6.42 Å². The third-order valence-electron chi connectivity index (χ3n) is 2.42. The minimum Gasteiger partial charge on any atom is -0.399 e. The van der Waals surface area contributed by atoms with Crippen LogP contribution in [0.4, 0.5) is 15.8 Å². The van der Waals surface area contributed by atoms with Crippen molar-refractivity contribution in [2.24, 2.45) is 0 Å². The number of hydrogen-bond donors (Lipinski definition) is 2. The Morgan fingerprint density at radius 3 is 2.84 bits per heavy atom. The Morgan fingerprint density at radius 1 is 1.42 bits per heavy atom. The molecular formula is C13H20FN3OS. The zero-order valence-electron chi connectivity index (χ0n) is 11.3. The molecule has 0 saturated carbocycles. The largest absolute Gasteiger partial charge is 0.399 e. The minimum absolute atomic E-state index is 0.142. The highest BCUT2D eigenvalue weighted by molar-refractivity contribution is 7.99. The monoisotopic (exact) mass is 285 g/mol. The van der Waals surface area contributed by atoms with E-state index in [-0.39, 0.29) is 11.6 Å². The van der Waals surface area contributed by atoms with E-state index in [1.54, 1.807) is 11.8 Å². The molecule has 19 heavy (non-hydrogen) atoms. The Hall–Kier alpha value is -1.27. The van der Waals surface area contributed by atoms with Gasteiger partial charge in [-0.05, 0) is 32.3 Å². The molecule has 1 rings (SSSR count). The van der Waals surface area contributed by atoms with Crippen LogP contribution < -0.4 is 11.1 Å². The molecule has 0 saturated heterocycles. The maximum Gasteiger partial charge on any atom is 0.225 e. The number of benzene rings is 1. The van der Waals surface area contributed by atoms with E-state index in [9.17, 15) is 9.18 Å². The topological polar surface area (TPSA) is 58.4 Å². The van der Waals surface area contributed by atoms with Gasteiger partial charge in [0.1, 0.15) is 5.82 Å². The molecule has 1 aromatic rings. The quantitative estimate of drug-likeness (QED) is 0.594. The summed E-state index contributed by atoms with van der Waals surface area (Å²) in [4.78, 5) is 13.7. The summed E-state index contributed by atoms with van der Waals surface area (Å²) in [6.45, 7) is 0.982. The molecule has 0 heterocycles. The number of nitrogens with two attached hydrogens (primary N) is 1. The van der Waals surface area contributed by atoms with Gasteiger partial charge in [-0.3, -0.25) is 4.79 Å². The van der Waals surface area contributed by atoms with Crippen LogP contribution in [0.25, 0.3) is 0 Å². The fourth-order valence-corrected chi connectivity index (χ4v) is 2.39. The second-order valence-corrected chi connectivity index (χ2v) is 5.68. The van der Waals surface area contributed by atoms with Gasteiger partial charge in [0.15, 0.2) is 0 Å². The van der Waals surface area contributed by atoms with Crippen LogP contribution in [-0.2, 0) is 4.79 Å². The molecule has 1 aromatic carbocycles. The van der Waals surface area contributed by atoms with Crippen molar-refractivity contribution in [3.05, 3.63) is 24.0 Å². The number of nitrogens with one attached hydrogen (secondary N) is 1. The van der Waals surface area contributed by atoms with Gasteiger partial charge in [0.25, 0.3) is 0 Å². The SMILES string of the molecule is CN(C)CCSCCC(=O)Nc1cc(N)ccc1F. The first kappa shape index (κ1) is 15.8. The third-order valence-corrected chi connectivity index (χ3v) is 3.38. The minimum atomic E-state index is -0.470. The van der Waals surface area contributed by atoms with Crippen LogP contribution in [0.5, 0.6) is 0 Å². The van der Waals surface area contributed by atoms with Crippen LogP contribution >= 0.6 is 11.8 Å². The van der Waals surface area contributed by atoms with Crippen molar-refractivity contribution in [2.75, 3.05) is 43.2 Å². The lowest BCUT2D eigenvalue weighted by atomic mass is 10.2. The van der Waals surface area contributed by atoms with E-state index in [0.717, 1.165) is 18.1 Å². The van der Waals surface area contributed by atoms with Crippen molar-refractivity contribution in [1.82, 2.24) is 4.90 Å². The van der Waals surface area contributed by atoms with Gasteiger partial charge in [-0.2, -0.15) is 11.8 Å². The predicted octanol–water partition coefficient (Wildman–Crippen LogP) is 2.03. The molecule has 106 valence electrons. The van der Waals surface area contributed by atoms with Crippen LogP contribution in [0.2, 0.25) is 0 Å². The first-order chi connectivity index (χ1) is 8.99. The number of carbonyl (C=O) groups excluding carboxylic acids is 1. The number of halogens is 1. The Morgan fingerprint density at radius 2 is 2.16 bits per heavy atom. The van der Waals surface area contributed by atoms with Crippen molar-refractivity contribution in [1.29, 1.82) is 0 Å². The van der Waals surface area contributed by atoms with E-state index in [1.807, 2.05) is 14.1 Å². The maximum atomic E-state index is 13.4. The summed E-state index contributed by atoms with van der Waals surface area (Å²) in [5.74, 6) is 1.04. The summed E-state index contributed by atoms with van der Waals surface area (Å²) in [5.41, 5.74) is 6.11. The average molecular weight is 285 g/mol. The molecule has 4 nitrogen and oxygen atoms in total. The normalized spacial score (nSPS) is 10.7. The summed E-state index contributed by atoms with van der Waals surface area (Å²) in [5, 5.41) is 2.53. The molecule has 6 heteroatoms. The Balaban J connectivity index is 2.29. The molecule has 0 aliphatic heterocycles. The Kier molecular flexibility index (Phi) is 6.66. The van der Waals surface area contributed by atoms with Crippen LogP contribution in [0, 0.1) is 5.82 Å². The number of carbonyl (C=O) groups is 1. The Labute approximate surface area is 117 Å². The molecular weight excluding hydrogens is 265 g/mol. The van der Waals surface area contributed by atoms with E-state index in [1.165, 1.54) is 18.2 Å². The standard InChI is InChI=1S/C13H20FN3OS/c1-17(2)6-8-19-7-5-13(18)16-12-9-10(15)3-4-11(12)14/h3-4,9H,5-8,15H2,1-2H3,(H,16,18). The van der Waals surface area contributed by atoms with E-state index in [4.69, 9.17) is 5.73 Å². The number of nitrogens with zero attached hydrogens (tertiary/aromatic N) is 1. The molecule has 0 aliphatic carbocycles. The lowest BCUT2D eigenvalue weighted by Crippen LogP contribution is -2.16. The number of anilines is 2. The van der Waals surface area contributed by atoms with Crippen molar-refractivity contribution in [3.63, 3.8) is 0 Å². The van der Waals surface area contributed by atoms with Gasteiger partial charge in [-0.15, -0.1) is 0 Å². The number of rotatable bonds is 7. The second-order valence-electron chi connectivity index (χ2n) is 4.45. The zero-order valence-corrected chi connectivity index (χ0v) is 12.1. The number of nitrogen functional groups attached to an aromatic ring is 1. The summed E-state index contributed by atoms with van der Waals surface area (Å²) < 4.78 is 13.4. The lowest BCUT2D eigenvalue weighted by molar-refractivity contribution is -0.115. The smallest absolute Gasteiger partial charge is 0.225 e. The highest BCUT2D eigenvalue weighted by atomic mass is 32.2. The predicted molar refractivity (Wildman–Crippen MR) is 79.9 cm³/mol. The number of hydrogen-bond acceptors (Lipinski definition) is 4. The van der Waals surface area contributed by atoms with E-state index < -0.39 is 5.82 Å². The van der Waals surface area contributed by atoms with Crippen LogP contribution in [0.3, 0.4) is 0 Å². The first-order valence-corrected chi connectivity index (χ1v) is 7.22. The van der Waals surface area contributed by atoms with E-state index in [2.05, 4.69) is 10.2 Å². The molecule has 0 radical (unpaired) electrons. The van der Waals surface area contributed by atoms with Gasteiger partial charge >= 0.3 is 0 Å². The summed E-state index contributed by atoms with van der Waals surface area (Å²) >= 11 is 1.71. The van der Waals surface area contributed by atoms with E-state index in [0.29, 0.717) is 12.1 Å². The van der Waals surface area contributed by atoms with Crippen LogP contribution in [0.15, 0.2) is 18.2 Å². The molecule has 0 atom stereocenters. The van der Waals surface area contributed by atoms with Crippen LogP contribution in [0.1, 0.15) is 6.42 Å². The lowest BCUT2D eigenvalue weighted by Gasteiger charge is -2.09. The molecule has 0 fully saturated rings. The molecule has 0 aromatic heterocycles. The molecule has 0 bridgehead atoms. The fourth-order valence-electron chi connectivity index (χ4n) is 1.37. The molecule has 0 unspecified atom stereocenters. The van der Waals surface area contributed by atoms with Gasteiger partial charge in [0, 0.05) is 30.2 Å². The maximum absolute atomic E-state index is 13.4. The van der Waals surface area contributed by atoms with Gasteiger partial charge < -0.3 is 16.0 Å². The molecule has 1 amide bonds. The first-order valence-electron chi connectivity index (χ1n) is 6.06. The van der Waals surface area contributed by atoms with Crippen molar-refractivity contribution in [3.8, 4) is 0 Å². The third kappa shape index (κ3) is 6.45. The number of amides is 1. The Bertz CT molecular complexity index is 426. The highest BCUT2D eigenvalue weighted by Crippen LogP contribution is 2.17. The van der Waals surface area contributed by atoms with Gasteiger partial charge in [-0.1, -0.05) is 0 Å². The van der Waals surface area contributed by atoms with Crippen molar-refractivity contribution >= 4 is 29.0 Å². The zero-order chi connectivity index (χ0) is 14.3. The summed E-state index contributed by atoms with van der Waals surface area (Å²) in [6.07, 6.45) is 0.367. The highest BCUT2D eigenvalue weighted by Gasteiger charge is 2.07. The van der Waals surface area contributed by atoms with Gasteiger partial charge in [0.05, 0.1) is 5.69 Å². The number of thioether (sulfide) groups is 1. The molecule has 3 N–H and O–H groups in total. The van der Waals surface area contributed by atoms with Crippen LogP contribution in [-0.4, -0.2) is 43.0 Å². The molecule has 0 aliphatic rings. The summed E-state index contributed by atoms with van der Waals surface area (Å²) in [7, 11) is 4.02.